The minimum Gasteiger partial charge on any atom is -0.508 e. The van der Waals surface area contributed by atoms with E-state index in [1.54, 1.807) is 41.3 Å². The minimum absolute atomic E-state index is 0.0257. The van der Waals surface area contributed by atoms with Crippen molar-refractivity contribution in [3.05, 3.63) is 64.7 Å². The van der Waals surface area contributed by atoms with E-state index in [0.29, 0.717) is 42.1 Å². The number of nitrogens with zero attached hydrogens (tertiary/aromatic N) is 1. The first-order valence-electron chi connectivity index (χ1n) is 7.92. The molecule has 1 aliphatic heterocycles. The number of hydrogen-bond donors (Lipinski definition) is 1. The highest BCUT2D eigenvalue weighted by atomic mass is 35.5. The Morgan fingerprint density at radius 2 is 1.46 bits per heavy atom. The number of ketones is 1. The van der Waals surface area contributed by atoms with Crippen molar-refractivity contribution in [1.29, 1.82) is 0 Å². The Morgan fingerprint density at radius 3 is 2.04 bits per heavy atom. The van der Waals surface area contributed by atoms with Crippen LogP contribution in [0.3, 0.4) is 0 Å². The number of likely N-dealkylation sites (tertiary alicyclic amines) is 1. The van der Waals surface area contributed by atoms with Gasteiger partial charge >= 0.3 is 0 Å². The molecule has 2 aromatic rings. The molecule has 1 heterocycles. The van der Waals surface area contributed by atoms with Crippen LogP contribution in [0.1, 0.15) is 33.6 Å². The number of halogens is 1. The topological polar surface area (TPSA) is 57.6 Å². The molecule has 0 unspecified atom stereocenters. The van der Waals surface area contributed by atoms with E-state index in [-0.39, 0.29) is 23.4 Å². The van der Waals surface area contributed by atoms with E-state index in [9.17, 15) is 14.7 Å². The van der Waals surface area contributed by atoms with Crippen molar-refractivity contribution in [2.24, 2.45) is 5.92 Å². The standard InChI is InChI=1S/C19H18ClNO3/c20-16-5-1-15(2-6-16)19(24)21-11-9-14(10-12-21)18(23)13-3-7-17(22)8-4-13/h1-8,14,22H,9-12H2. The molecule has 5 heteroatoms. The number of hydrogen-bond acceptors (Lipinski definition) is 3. The Bertz CT molecular complexity index is 667. The Balaban J connectivity index is 1.61. The van der Waals surface area contributed by atoms with Crippen molar-refractivity contribution in [1.82, 2.24) is 4.90 Å². The zero-order valence-corrected chi connectivity index (χ0v) is 13.9. The number of piperidine rings is 1. The highest BCUT2D eigenvalue weighted by molar-refractivity contribution is 6.30. The summed E-state index contributed by atoms with van der Waals surface area (Å²) in [6.45, 7) is 1.13. The van der Waals surface area contributed by atoms with E-state index in [1.807, 2.05) is 0 Å². The number of Topliss-reactive ketones (excluding diaryl/α,β-unsaturated/α-hetero) is 1. The largest absolute Gasteiger partial charge is 0.508 e. The van der Waals surface area contributed by atoms with Crippen LogP contribution in [-0.4, -0.2) is 34.8 Å². The molecule has 1 amide bonds. The second kappa shape index (κ2) is 7.05. The van der Waals surface area contributed by atoms with Crippen LogP contribution in [0, 0.1) is 5.92 Å². The molecule has 0 saturated carbocycles. The van der Waals surface area contributed by atoms with Crippen LogP contribution in [0.15, 0.2) is 48.5 Å². The molecule has 0 aromatic heterocycles. The molecule has 1 N–H and O–H groups in total. The molecular weight excluding hydrogens is 326 g/mol. The summed E-state index contributed by atoms with van der Waals surface area (Å²) >= 11 is 5.85. The smallest absolute Gasteiger partial charge is 0.253 e. The van der Waals surface area contributed by atoms with Gasteiger partial charge in [0, 0.05) is 35.2 Å². The van der Waals surface area contributed by atoms with Crippen molar-refractivity contribution in [2.75, 3.05) is 13.1 Å². The number of benzene rings is 2. The molecule has 4 nitrogen and oxygen atoms in total. The summed E-state index contributed by atoms with van der Waals surface area (Å²) in [7, 11) is 0. The summed E-state index contributed by atoms with van der Waals surface area (Å²) in [4.78, 5) is 26.7. The fraction of sp³-hybridized carbons (Fsp3) is 0.263. The van der Waals surface area contributed by atoms with E-state index >= 15 is 0 Å². The Hall–Kier alpha value is -2.33. The Morgan fingerprint density at radius 1 is 0.917 bits per heavy atom. The fourth-order valence-corrected chi connectivity index (χ4v) is 3.11. The lowest BCUT2D eigenvalue weighted by Crippen LogP contribution is -2.40. The predicted octanol–water partition coefficient (Wildman–Crippen LogP) is 3.78. The lowest BCUT2D eigenvalue weighted by Gasteiger charge is -2.31. The first-order chi connectivity index (χ1) is 11.5. The zero-order valence-electron chi connectivity index (χ0n) is 13.1. The van der Waals surface area contributed by atoms with Gasteiger partial charge < -0.3 is 10.0 Å². The van der Waals surface area contributed by atoms with E-state index in [4.69, 9.17) is 11.6 Å². The third-order valence-electron chi connectivity index (χ3n) is 4.40. The summed E-state index contributed by atoms with van der Waals surface area (Å²) in [5, 5.41) is 9.91. The van der Waals surface area contributed by atoms with Gasteiger partial charge in [-0.3, -0.25) is 9.59 Å². The van der Waals surface area contributed by atoms with Crippen LogP contribution in [0.4, 0.5) is 0 Å². The molecule has 124 valence electrons. The zero-order chi connectivity index (χ0) is 17.1. The number of rotatable bonds is 3. The van der Waals surface area contributed by atoms with Crippen molar-refractivity contribution < 1.29 is 14.7 Å². The molecule has 24 heavy (non-hydrogen) atoms. The maximum Gasteiger partial charge on any atom is 0.253 e. The average Bonchev–Trinajstić information content (AvgIpc) is 2.62. The predicted molar refractivity (Wildman–Crippen MR) is 92.5 cm³/mol. The van der Waals surface area contributed by atoms with Gasteiger partial charge in [0.1, 0.15) is 5.75 Å². The van der Waals surface area contributed by atoms with Gasteiger partial charge in [0.15, 0.2) is 5.78 Å². The maximum atomic E-state index is 12.5. The molecule has 0 aliphatic carbocycles. The molecular formula is C19H18ClNO3. The SMILES string of the molecule is O=C(c1ccc(O)cc1)C1CCN(C(=O)c2ccc(Cl)cc2)CC1. The quantitative estimate of drug-likeness (QED) is 0.863. The van der Waals surface area contributed by atoms with E-state index in [1.165, 1.54) is 12.1 Å². The van der Waals surface area contributed by atoms with Gasteiger partial charge in [-0.05, 0) is 61.4 Å². The van der Waals surface area contributed by atoms with Crippen LogP contribution in [-0.2, 0) is 0 Å². The normalized spacial score (nSPS) is 15.3. The molecule has 1 fully saturated rings. The molecule has 1 aliphatic rings. The summed E-state index contributed by atoms with van der Waals surface area (Å²) in [6, 6.07) is 13.2. The van der Waals surface area contributed by atoms with Crippen LogP contribution in [0.25, 0.3) is 0 Å². The third-order valence-corrected chi connectivity index (χ3v) is 4.65. The molecule has 0 spiro atoms. The van der Waals surface area contributed by atoms with Crippen molar-refractivity contribution in [3.8, 4) is 5.75 Å². The number of phenolic OH excluding ortho intramolecular Hbond substituents is 1. The first kappa shape index (κ1) is 16.5. The van der Waals surface area contributed by atoms with Crippen molar-refractivity contribution in [2.45, 2.75) is 12.8 Å². The molecule has 2 aromatic carbocycles. The minimum atomic E-state index is -0.0798. The maximum absolute atomic E-state index is 12.5. The number of carbonyl (C=O) groups excluding carboxylic acids is 2. The van der Waals surface area contributed by atoms with Crippen LogP contribution in [0.5, 0.6) is 5.75 Å². The Labute approximate surface area is 145 Å². The summed E-state index contributed by atoms with van der Waals surface area (Å²) in [5.41, 5.74) is 1.22. The molecule has 3 rings (SSSR count). The van der Waals surface area contributed by atoms with E-state index < -0.39 is 0 Å². The number of amides is 1. The summed E-state index contributed by atoms with van der Waals surface area (Å²) in [6.07, 6.45) is 1.30. The number of phenols is 1. The lowest BCUT2D eigenvalue weighted by atomic mass is 9.88. The second-order valence-corrected chi connectivity index (χ2v) is 6.42. The number of carbonyl (C=O) groups is 2. The summed E-state index contributed by atoms with van der Waals surface area (Å²) in [5.74, 6) is 0.120. The highest BCUT2D eigenvalue weighted by Crippen LogP contribution is 2.24. The monoisotopic (exact) mass is 343 g/mol. The summed E-state index contributed by atoms with van der Waals surface area (Å²) < 4.78 is 0. The second-order valence-electron chi connectivity index (χ2n) is 5.98. The first-order valence-corrected chi connectivity index (χ1v) is 8.30. The lowest BCUT2D eigenvalue weighted by molar-refractivity contribution is 0.0650. The van der Waals surface area contributed by atoms with Gasteiger partial charge in [0.25, 0.3) is 5.91 Å². The highest BCUT2D eigenvalue weighted by Gasteiger charge is 2.28. The van der Waals surface area contributed by atoms with Gasteiger partial charge in [0.05, 0.1) is 0 Å². The van der Waals surface area contributed by atoms with Gasteiger partial charge in [0.2, 0.25) is 0 Å². The van der Waals surface area contributed by atoms with Crippen molar-refractivity contribution in [3.63, 3.8) is 0 Å². The van der Waals surface area contributed by atoms with Crippen molar-refractivity contribution >= 4 is 23.3 Å². The fourth-order valence-electron chi connectivity index (χ4n) is 2.98. The third kappa shape index (κ3) is 3.60. The molecule has 0 atom stereocenters. The van der Waals surface area contributed by atoms with Crippen LogP contribution < -0.4 is 0 Å². The van der Waals surface area contributed by atoms with Crippen LogP contribution in [0.2, 0.25) is 5.02 Å². The number of aromatic hydroxyl groups is 1. The molecule has 0 radical (unpaired) electrons. The Kier molecular flexibility index (Phi) is 4.86. The van der Waals surface area contributed by atoms with E-state index in [0.717, 1.165) is 0 Å². The van der Waals surface area contributed by atoms with Crippen LogP contribution >= 0.6 is 11.6 Å². The van der Waals surface area contributed by atoms with Gasteiger partial charge in [-0.1, -0.05) is 11.6 Å². The van der Waals surface area contributed by atoms with Gasteiger partial charge in [-0.2, -0.15) is 0 Å². The average molecular weight is 344 g/mol. The molecule has 0 bridgehead atoms. The van der Waals surface area contributed by atoms with E-state index in [2.05, 4.69) is 0 Å². The van der Waals surface area contributed by atoms with Gasteiger partial charge in [-0.15, -0.1) is 0 Å². The van der Waals surface area contributed by atoms with Gasteiger partial charge in [-0.25, -0.2) is 0 Å². The molecule has 1 saturated heterocycles.